The molecule has 0 radical (unpaired) electrons. The molecule has 0 aliphatic rings. The first-order valence-electron chi connectivity index (χ1n) is 7.59. The molecule has 4 aromatic rings. The predicted octanol–water partition coefficient (Wildman–Crippen LogP) is 5.84. The molecule has 1 aromatic heterocycles. The average Bonchev–Trinajstić information content (AvgIpc) is 2.81. The van der Waals surface area contributed by atoms with Crippen molar-refractivity contribution in [3.8, 4) is 0 Å². The number of hydrogen-bond donors (Lipinski definition) is 0. The summed E-state index contributed by atoms with van der Waals surface area (Å²) in [5.41, 5.74) is 3.99. The number of fused-ring (bicyclic) bond motifs is 5. The van der Waals surface area contributed by atoms with Crippen LogP contribution in [0.2, 0.25) is 0 Å². The lowest BCUT2D eigenvalue weighted by Crippen LogP contribution is -1.99. The second-order valence-corrected chi connectivity index (χ2v) is 6.17. The third kappa shape index (κ3) is 1.70. The molecule has 0 atom stereocenters. The van der Waals surface area contributed by atoms with E-state index in [1.54, 1.807) is 0 Å². The van der Waals surface area contributed by atoms with Gasteiger partial charge in [-0.25, -0.2) is 0 Å². The monoisotopic (exact) mass is 273 g/mol. The maximum Gasteiger partial charge on any atom is 0.0500 e. The topological polar surface area (TPSA) is 4.93 Å². The van der Waals surface area contributed by atoms with Gasteiger partial charge in [0, 0.05) is 27.8 Å². The Morgan fingerprint density at radius 2 is 1.57 bits per heavy atom. The van der Waals surface area contributed by atoms with E-state index >= 15 is 0 Å². The molecule has 3 aromatic carbocycles. The molecule has 1 heteroatoms. The highest BCUT2D eigenvalue weighted by Crippen LogP contribution is 2.36. The highest BCUT2D eigenvalue weighted by Gasteiger charge is 2.14. The SMILES string of the molecule is Cc1ccc2c(c1)c1c3ccccc3ccc1n2C(C)C. The van der Waals surface area contributed by atoms with Gasteiger partial charge in [0.15, 0.2) is 0 Å². The van der Waals surface area contributed by atoms with Gasteiger partial charge in [-0.15, -0.1) is 0 Å². The molecule has 0 spiro atoms. The number of rotatable bonds is 1. The number of aryl methyl sites for hydroxylation is 1. The van der Waals surface area contributed by atoms with E-state index in [1.165, 1.54) is 38.1 Å². The molecule has 0 amide bonds. The van der Waals surface area contributed by atoms with Crippen molar-refractivity contribution in [3.05, 3.63) is 60.2 Å². The summed E-state index contributed by atoms with van der Waals surface area (Å²) in [4.78, 5) is 0. The van der Waals surface area contributed by atoms with E-state index < -0.39 is 0 Å². The Morgan fingerprint density at radius 1 is 0.810 bits per heavy atom. The lowest BCUT2D eigenvalue weighted by atomic mass is 10.0. The van der Waals surface area contributed by atoms with Gasteiger partial charge in [-0.2, -0.15) is 0 Å². The Labute approximate surface area is 124 Å². The first-order valence-corrected chi connectivity index (χ1v) is 7.59. The van der Waals surface area contributed by atoms with Crippen LogP contribution >= 0.6 is 0 Å². The highest BCUT2D eigenvalue weighted by molar-refractivity contribution is 6.20. The minimum atomic E-state index is 0.453. The molecule has 0 unspecified atom stereocenters. The largest absolute Gasteiger partial charge is 0.338 e. The highest BCUT2D eigenvalue weighted by atomic mass is 15.0. The fourth-order valence-electron chi connectivity index (χ4n) is 3.49. The summed E-state index contributed by atoms with van der Waals surface area (Å²) in [5, 5.41) is 5.43. The quantitative estimate of drug-likeness (QED) is 0.411. The van der Waals surface area contributed by atoms with E-state index in [0.29, 0.717) is 6.04 Å². The van der Waals surface area contributed by atoms with Crippen molar-refractivity contribution in [2.75, 3.05) is 0 Å². The fraction of sp³-hybridized carbons (Fsp3) is 0.200. The van der Waals surface area contributed by atoms with E-state index in [1.807, 2.05) is 0 Å². The van der Waals surface area contributed by atoms with Gasteiger partial charge in [0.2, 0.25) is 0 Å². The van der Waals surface area contributed by atoms with Crippen LogP contribution in [0.25, 0.3) is 32.6 Å². The molecular formula is C20H19N. The zero-order valence-corrected chi connectivity index (χ0v) is 12.7. The smallest absolute Gasteiger partial charge is 0.0500 e. The van der Waals surface area contributed by atoms with Crippen molar-refractivity contribution in [2.24, 2.45) is 0 Å². The van der Waals surface area contributed by atoms with Crippen LogP contribution in [0.3, 0.4) is 0 Å². The third-order valence-corrected chi connectivity index (χ3v) is 4.36. The van der Waals surface area contributed by atoms with Gasteiger partial charge in [-0.1, -0.05) is 42.0 Å². The summed E-state index contributed by atoms with van der Waals surface area (Å²) >= 11 is 0. The van der Waals surface area contributed by atoms with Crippen LogP contribution in [0.15, 0.2) is 54.6 Å². The van der Waals surface area contributed by atoms with Crippen LogP contribution in [0.4, 0.5) is 0 Å². The van der Waals surface area contributed by atoms with Crippen molar-refractivity contribution >= 4 is 32.6 Å². The van der Waals surface area contributed by atoms with Crippen LogP contribution in [0.1, 0.15) is 25.5 Å². The van der Waals surface area contributed by atoms with Crippen LogP contribution in [0, 0.1) is 6.92 Å². The second-order valence-electron chi connectivity index (χ2n) is 6.17. The Kier molecular flexibility index (Phi) is 2.58. The molecular weight excluding hydrogens is 254 g/mol. The summed E-state index contributed by atoms with van der Waals surface area (Å²) in [6.45, 7) is 6.69. The number of aromatic nitrogens is 1. The third-order valence-electron chi connectivity index (χ3n) is 4.36. The molecule has 0 aliphatic heterocycles. The Bertz CT molecular complexity index is 973. The molecule has 0 bridgehead atoms. The van der Waals surface area contributed by atoms with Gasteiger partial charge in [0.25, 0.3) is 0 Å². The average molecular weight is 273 g/mol. The molecule has 1 nitrogen and oxygen atoms in total. The van der Waals surface area contributed by atoms with Gasteiger partial charge in [-0.05, 0) is 49.7 Å². The zero-order valence-electron chi connectivity index (χ0n) is 12.7. The first-order chi connectivity index (χ1) is 10.2. The lowest BCUT2D eigenvalue weighted by Gasteiger charge is -2.11. The van der Waals surface area contributed by atoms with Crippen LogP contribution in [-0.4, -0.2) is 4.57 Å². The van der Waals surface area contributed by atoms with Crippen molar-refractivity contribution in [3.63, 3.8) is 0 Å². The maximum absolute atomic E-state index is 2.45. The van der Waals surface area contributed by atoms with Crippen molar-refractivity contribution in [1.29, 1.82) is 0 Å². The molecule has 21 heavy (non-hydrogen) atoms. The molecule has 1 heterocycles. The van der Waals surface area contributed by atoms with Crippen molar-refractivity contribution in [2.45, 2.75) is 26.8 Å². The maximum atomic E-state index is 2.45. The van der Waals surface area contributed by atoms with Gasteiger partial charge >= 0.3 is 0 Å². The van der Waals surface area contributed by atoms with E-state index in [9.17, 15) is 0 Å². The molecule has 104 valence electrons. The number of nitrogens with zero attached hydrogens (tertiary/aromatic N) is 1. The number of hydrogen-bond acceptors (Lipinski definition) is 0. The van der Waals surface area contributed by atoms with E-state index in [4.69, 9.17) is 0 Å². The van der Waals surface area contributed by atoms with Crippen LogP contribution in [0.5, 0.6) is 0 Å². The van der Waals surface area contributed by atoms with Gasteiger partial charge < -0.3 is 4.57 Å². The summed E-state index contributed by atoms with van der Waals surface area (Å²) in [5.74, 6) is 0. The minimum Gasteiger partial charge on any atom is -0.338 e. The standard InChI is InChI=1S/C20H19N/c1-13(2)21-18-10-8-14(3)12-17(18)20-16-7-5-4-6-15(16)9-11-19(20)21/h4-13H,1-3H3. The second kappa shape index (κ2) is 4.36. The van der Waals surface area contributed by atoms with E-state index in [-0.39, 0.29) is 0 Å². The van der Waals surface area contributed by atoms with Crippen molar-refractivity contribution < 1.29 is 0 Å². The number of benzene rings is 3. The molecule has 0 fully saturated rings. The molecule has 4 rings (SSSR count). The molecule has 0 saturated heterocycles. The van der Waals surface area contributed by atoms with Crippen molar-refractivity contribution in [1.82, 2.24) is 4.57 Å². The zero-order chi connectivity index (χ0) is 14.6. The Balaban J connectivity index is 2.35. The summed E-state index contributed by atoms with van der Waals surface area (Å²) < 4.78 is 2.45. The normalized spacial score (nSPS) is 12.0. The molecule has 0 aliphatic carbocycles. The molecule has 0 saturated carbocycles. The fourth-order valence-corrected chi connectivity index (χ4v) is 3.49. The van der Waals surface area contributed by atoms with E-state index in [0.717, 1.165) is 0 Å². The minimum absolute atomic E-state index is 0.453. The van der Waals surface area contributed by atoms with Crippen LogP contribution in [-0.2, 0) is 0 Å². The summed E-state index contributed by atoms with van der Waals surface area (Å²) in [7, 11) is 0. The lowest BCUT2D eigenvalue weighted by molar-refractivity contribution is 0.642. The summed E-state index contributed by atoms with van der Waals surface area (Å²) in [6.07, 6.45) is 0. The van der Waals surface area contributed by atoms with E-state index in [2.05, 4.69) is 79.9 Å². The molecule has 0 N–H and O–H groups in total. The first kappa shape index (κ1) is 12.5. The van der Waals surface area contributed by atoms with Crippen LogP contribution < -0.4 is 0 Å². The van der Waals surface area contributed by atoms with Gasteiger partial charge in [-0.3, -0.25) is 0 Å². The van der Waals surface area contributed by atoms with Gasteiger partial charge in [0.05, 0.1) is 0 Å². The summed E-state index contributed by atoms with van der Waals surface area (Å²) in [6, 6.07) is 20.4. The van der Waals surface area contributed by atoms with Gasteiger partial charge in [0.1, 0.15) is 0 Å². The Morgan fingerprint density at radius 3 is 2.38 bits per heavy atom. The predicted molar refractivity (Wildman–Crippen MR) is 92.1 cm³/mol. The Hall–Kier alpha value is -2.28.